The maximum Gasteiger partial charge on any atom is 0.242 e. The molecule has 172 valence electrons. The van der Waals surface area contributed by atoms with E-state index in [1.54, 1.807) is 30.0 Å². The Morgan fingerprint density at radius 2 is 1.66 bits per heavy atom. The van der Waals surface area contributed by atoms with Crippen LogP contribution in [0.5, 0.6) is 0 Å². The first kappa shape index (κ1) is 25.2. The molecule has 1 aliphatic carbocycles. The number of nitrogens with zero attached hydrogens (tertiary/aromatic N) is 1. The highest BCUT2D eigenvalue weighted by Crippen LogP contribution is 2.28. The van der Waals surface area contributed by atoms with Crippen LogP contribution < -0.4 is 5.32 Å². The second-order valence-electron chi connectivity index (χ2n) is 7.97. The highest BCUT2D eigenvalue weighted by Gasteiger charge is 2.29. The standard InChI is InChI=1S/C24H27Cl3N2O2S/c1-16(24(31)28-18-8-3-4-9-18)29(13-19-21(26)11-6-12-22(19)27)23(30)15-32-14-17-7-2-5-10-20(17)25/h2,5-7,10-12,16,18H,3-4,8-9,13-15H2,1H3,(H,28,31)/t16-/m1/s1. The third-order valence-electron chi connectivity index (χ3n) is 5.70. The van der Waals surface area contributed by atoms with Crippen molar-refractivity contribution in [3.63, 3.8) is 0 Å². The van der Waals surface area contributed by atoms with E-state index in [4.69, 9.17) is 34.8 Å². The zero-order valence-electron chi connectivity index (χ0n) is 18.0. The van der Waals surface area contributed by atoms with Gasteiger partial charge in [-0.1, -0.05) is 71.9 Å². The van der Waals surface area contributed by atoms with Crippen molar-refractivity contribution in [2.45, 2.75) is 57.0 Å². The first-order valence-corrected chi connectivity index (χ1v) is 13.0. The van der Waals surface area contributed by atoms with Crippen LogP contribution in [-0.2, 0) is 21.9 Å². The van der Waals surface area contributed by atoms with Gasteiger partial charge < -0.3 is 10.2 Å². The summed E-state index contributed by atoms with van der Waals surface area (Å²) in [6, 6.07) is 12.3. The molecule has 0 unspecified atom stereocenters. The summed E-state index contributed by atoms with van der Waals surface area (Å²) >= 11 is 20.4. The summed E-state index contributed by atoms with van der Waals surface area (Å²) in [5, 5.41) is 4.72. The van der Waals surface area contributed by atoms with Gasteiger partial charge in [0.1, 0.15) is 6.04 Å². The van der Waals surface area contributed by atoms with Crippen molar-refractivity contribution >= 4 is 58.4 Å². The molecule has 0 spiro atoms. The average Bonchev–Trinajstić information content (AvgIpc) is 3.27. The molecule has 0 aliphatic heterocycles. The Balaban J connectivity index is 1.71. The number of rotatable bonds is 9. The van der Waals surface area contributed by atoms with E-state index in [0.29, 0.717) is 26.4 Å². The Morgan fingerprint density at radius 1 is 1.03 bits per heavy atom. The molecule has 1 fully saturated rings. The maximum atomic E-state index is 13.2. The number of nitrogens with one attached hydrogen (secondary N) is 1. The van der Waals surface area contributed by atoms with E-state index in [1.807, 2.05) is 24.3 Å². The van der Waals surface area contributed by atoms with Gasteiger partial charge in [-0.2, -0.15) is 0 Å². The fourth-order valence-corrected chi connectivity index (χ4v) is 5.49. The van der Waals surface area contributed by atoms with Gasteiger partial charge in [0.2, 0.25) is 11.8 Å². The number of thioether (sulfide) groups is 1. The first-order valence-electron chi connectivity index (χ1n) is 10.7. The number of hydrogen-bond donors (Lipinski definition) is 1. The summed E-state index contributed by atoms with van der Waals surface area (Å²) in [4.78, 5) is 27.8. The predicted molar refractivity (Wildman–Crippen MR) is 134 cm³/mol. The summed E-state index contributed by atoms with van der Waals surface area (Å²) in [6.45, 7) is 1.93. The summed E-state index contributed by atoms with van der Waals surface area (Å²) in [5.74, 6) is 0.528. The van der Waals surface area contributed by atoms with Crippen LogP contribution in [0.4, 0.5) is 0 Å². The van der Waals surface area contributed by atoms with Crippen molar-refractivity contribution < 1.29 is 9.59 Å². The zero-order chi connectivity index (χ0) is 23.1. The van der Waals surface area contributed by atoms with Crippen molar-refractivity contribution in [3.8, 4) is 0 Å². The van der Waals surface area contributed by atoms with E-state index in [1.165, 1.54) is 11.8 Å². The molecule has 3 rings (SSSR count). The Labute approximate surface area is 209 Å². The largest absolute Gasteiger partial charge is 0.352 e. The molecule has 4 nitrogen and oxygen atoms in total. The predicted octanol–water partition coefficient (Wildman–Crippen LogP) is 6.36. The number of carbonyl (C=O) groups excluding carboxylic acids is 2. The minimum Gasteiger partial charge on any atom is -0.352 e. The summed E-state index contributed by atoms with van der Waals surface area (Å²) < 4.78 is 0. The van der Waals surface area contributed by atoms with Crippen LogP contribution in [0.25, 0.3) is 0 Å². The number of amides is 2. The highest BCUT2D eigenvalue weighted by molar-refractivity contribution is 7.99. The fourth-order valence-electron chi connectivity index (χ4n) is 3.77. The summed E-state index contributed by atoms with van der Waals surface area (Å²) in [7, 11) is 0. The molecule has 0 bridgehead atoms. The third-order valence-corrected chi connectivity index (χ3v) is 7.74. The molecule has 2 aromatic rings. The third kappa shape index (κ3) is 6.80. The Morgan fingerprint density at radius 3 is 2.31 bits per heavy atom. The van der Waals surface area contributed by atoms with Crippen LogP contribution in [0.2, 0.25) is 15.1 Å². The molecule has 2 aromatic carbocycles. The Hall–Kier alpha value is -1.40. The van der Waals surface area contributed by atoms with Gasteiger partial charge in [0.25, 0.3) is 0 Å². The van der Waals surface area contributed by atoms with Gasteiger partial charge in [0.15, 0.2) is 0 Å². The molecule has 1 saturated carbocycles. The van der Waals surface area contributed by atoms with E-state index in [2.05, 4.69) is 5.32 Å². The van der Waals surface area contributed by atoms with Gasteiger partial charge in [-0.15, -0.1) is 11.8 Å². The maximum absolute atomic E-state index is 13.2. The van der Waals surface area contributed by atoms with Gasteiger partial charge in [-0.05, 0) is 43.5 Å². The number of halogens is 3. The lowest BCUT2D eigenvalue weighted by molar-refractivity contribution is -0.138. The quantitative estimate of drug-likeness (QED) is 0.425. The normalized spacial score (nSPS) is 14.9. The average molecular weight is 514 g/mol. The second kappa shape index (κ2) is 12.2. The molecule has 1 atom stereocenters. The zero-order valence-corrected chi connectivity index (χ0v) is 21.0. The molecule has 32 heavy (non-hydrogen) atoms. The van der Waals surface area contributed by atoms with Gasteiger partial charge in [-0.3, -0.25) is 9.59 Å². The van der Waals surface area contributed by atoms with Crippen molar-refractivity contribution in [1.82, 2.24) is 10.2 Å². The van der Waals surface area contributed by atoms with Crippen LogP contribution in [0.1, 0.15) is 43.7 Å². The molecule has 2 amide bonds. The molecule has 0 heterocycles. The Bertz CT molecular complexity index is 930. The lowest BCUT2D eigenvalue weighted by Gasteiger charge is -2.30. The monoisotopic (exact) mass is 512 g/mol. The summed E-state index contributed by atoms with van der Waals surface area (Å²) in [6.07, 6.45) is 4.21. The van der Waals surface area contributed by atoms with Gasteiger partial charge in [-0.25, -0.2) is 0 Å². The Kier molecular flexibility index (Phi) is 9.60. The SMILES string of the molecule is C[C@H](C(=O)NC1CCCC1)N(Cc1c(Cl)cccc1Cl)C(=O)CSCc1ccccc1Cl. The minimum absolute atomic E-state index is 0.146. The lowest BCUT2D eigenvalue weighted by atomic mass is 10.1. The minimum atomic E-state index is -0.642. The van der Waals surface area contributed by atoms with Gasteiger partial charge in [0, 0.05) is 39.0 Å². The van der Waals surface area contributed by atoms with Crippen LogP contribution >= 0.6 is 46.6 Å². The van der Waals surface area contributed by atoms with Crippen LogP contribution in [-0.4, -0.2) is 34.6 Å². The van der Waals surface area contributed by atoms with Crippen molar-refractivity contribution in [2.24, 2.45) is 0 Å². The van der Waals surface area contributed by atoms with Crippen molar-refractivity contribution in [1.29, 1.82) is 0 Å². The van der Waals surface area contributed by atoms with E-state index in [9.17, 15) is 9.59 Å². The van der Waals surface area contributed by atoms with E-state index in [-0.39, 0.29) is 30.2 Å². The molecular weight excluding hydrogens is 487 g/mol. The molecule has 0 saturated heterocycles. The number of hydrogen-bond acceptors (Lipinski definition) is 3. The highest BCUT2D eigenvalue weighted by atomic mass is 35.5. The first-order chi connectivity index (χ1) is 15.4. The number of benzene rings is 2. The van der Waals surface area contributed by atoms with Crippen molar-refractivity contribution in [3.05, 3.63) is 68.7 Å². The molecule has 0 aromatic heterocycles. The molecule has 1 aliphatic rings. The van der Waals surface area contributed by atoms with Gasteiger partial charge in [0.05, 0.1) is 5.75 Å². The van der Waals surface area contributed by atoms with E-state index >= 15 is 0 Å². The molecular formula is C24H27Cl3N2O2S. The van der Waals surface area contributed by atoms with E-state index in [0.717, 1.165) is 31.2 Å². The fraction of sp³-hybridized carbons (Fsp3) is 0.417. The molecule has 8 heteroatoms. The van der Waals surface area contributed by atoms with Crippen LogP contribution in [0.15, 0.2) is 42.5 Å². The van der Waals surface area contributed by atoms with Crippen LogP contribution in [0, 0.1) is 0 Å². The lowest BCUT2D eigenvalue weighted by Crippen LogP contribution is -2.50. The number of carbonyl (C=O) groups is 2. The van der Waals surface area contributed by atoms with Gasteiger partial charge >= 0.3 is 0 Å². The summed E-state index contributed by atoms with van der Waals surface area (Å²) in [5.41, 5.74) is 1.61. The smallest absolute Gasteiger partial charge is 0.242 e. The molecule has 0 radical (unpaired) electrons. The molecule has 1 N–H and O–H groups in total. The van der Waals surface area contributed by atoms with Crippen molar-refractivity contribution in [2.75, 3.05) is 5.75 Å². The van der Waals surface area contributed by atoms with E-state index < -0.39 is 6.04 Å². The second-order valence-corrected chi connectivity index (χ2v) is 10.2. The van der Waals surface area contributed by atoms with Crippen LogP contribution in [0.3, 0.4) is 0 Å². The topological polar surface area (TPSA) is 49.4 Å².